The molecule has 0 aromatic heterocycles. The minimum atomic E-state index is 0. The SMILES string of the molecule is Cl.N=C(N)Cc1cc(Br)cc(Br)c1. The molecule has 0 fully saturated rings. The summed E-state index contributed by atoms with van der Waals surface area (Å²) in [6, 6.07) is 5.85. The summed E-state index contributed by atoms with van der Waals surface area (Å²) >= 11 is 6.72. The van der Waals surface area contributed by atoms with Crippen LogP contribution in [0.2, 0.25) is 0 Å². The van der Waals surface area contributed by atoms with Crippen molar-refractivity contribution >= 4 is 50.1 Å². The molecular formula is C8H9Br2ClN2. The molecule has 1 rings (SSSR count). The first kappa shape index (κ1) is 12.9. The quantitative estimate of drug-likeness (QED) is 0.636. The normalized spacial score (nSPS) is 9.08. The first-order valence-electron chi connectivity index (χ1n) is 3.36. The van der Waals surface area contributed by atoms with Crippen LogP contribution in [-0.2, 0) is 6.42 Å². The monoisotopic (exact) mass is 326 g/mol. The third-order valence-electron chi connectivity index (χ3n) is 1.32. The molecular weight excluding hydrogens is 319 g/mol. The number of benzene rings is 1. The summed E-state index contributed by atoms with van der Waals surface area (Å²) in [4.78, 5) is 0. The van der Waals surface area contributed by atoms with Crippen molar-refractivity contribution < 1.29 is 0 Å². The first-order chi connectivity index (χ1) is 5.58. The lowest BCUT2D eigenvalue weighted by Crippen LogP contribution is -2.12. The van der Waals surface area contributed by atoms with Gasteiger partial charge in [0.15, 0.2) is 0 Å². The summed E-state index contributed by atoms with van der Waals surface area (Å²) in [6.45, 7) is 0. The van der Waals surface area contributed by atoms with Crippen molar-refractivity contribution in [1.29, 1.82) is 5.41 Å². The average molecular weight is 328 g/mol. The van der Waals surface area contributed by atoms with Gasteiger partial charge in [0, 0.05) is 15.4 Å². The van der Waals surface area contributed by atoms with Gasteiger partial charge in [-0.2, -0.15) is 0 Å². The highest BCUT2D eigenvalue weighted by molar-refractivity contribution is 9.11. The lowest BCUT2D eigenvalue weighted by Gasteiger charge is -2.01. The highest BCUT2D eigenvalue weighted by atomic mass is 79.9. The molecule has 0 spiro atoms. The van der Waals surface area contributed by atoms with Crippen molar-refractivity contribution in [3.05, 3.63) is 32.7 Å². The second kappa shape index (κ2) is 5.62. The maximum Gasteiger partial charge on any atom is 0.0950 e. The minimum Gasteiger partial charge on any atom is -0.387 e. The van der Waals surface area contributed by atoms with Crippen molar-refractivity contribution in [2.75, 3.05) is 0 Å². The van der Waals surface area contributed by atoms with Crippen molar-refractivity contribution in [1.82, 2.24) is 0 Å². The van der Waals surface area contributed by atoms with Crippen molar-refractivity contribution in [2.24, 2.45) is 5.73 Å². The maximum atomic E-state index is 7.12. The molecule has 1 aromatic carbocycles. The van der Waals surface area contributed by atoms with E-state index < -0.39 is 0 Å². The van der Waals surface area contributed by atoms with Crippen molar-refractivity contribution in [3.8, 4) is 0 Å². The second-order valence-corrected chi connectivity index (χ2v) is 4.31. The molecule has 0 saturated carbocycles. The zero-order valence-corrected chi connectivity index (χ0v) is 10.7. The number of halogens is 3. The van der Waals surface area contributed by atoms with E-state index in [1.807, 2.05) is 18.2 Å². The van der Waals surface area contributed by atoms with E-state index in [1.54, 1.807) is 0 Å². The molecule has 0 heterocycles. The molecule has 0 saturated heterocycles. The third-order valence-corrected chi connectivity index (χ3v) is 2.23. The largest absolute Gasteiger partial charge is 0.387 e. The number of nitrogens with one attached hydrogen (secondary N) is 1. The molecule has 72 valence electrons. The molecule has 3 N–H and O–H groups in total. The zero-order chi connectivity index (χ0) is 9.14. The Morgan fingerprint density at radius 1 is 1.23 bits per heavy atom. The lowest BCUT2D eigenvalue weighted by atomic mass is 10.1. The summed E-state index contributed by atoms with van der Waals surface area (Å²) in [5.41, 5.74) is 6.31. The van der Waals surface area contributed by atoms with E-state index in [4.69, 9.17) is 11.1 Å². The maximum absolute atomic E-state index is 7.12. The van der Waals surface area contributed by atoms with Crippen LogP contribution in [0.5, 0.6) is 0 Å². The van der Waals surface area contributed by atoms with Crippen LogP contribution in [0.15, 0.2) is 27.1 Å². The molecule has 5 heteroatoms. The van der Waals surface area contributed by atoms with Gasteiger partial charge in [0.05, 0.1) is 5.84 Å². The molecule has 0 aliphatic heterocycles. The Labute approximate surface area is 100 Å². The molecule has 1 aromatic rings. The third kappa shape index (κ3) is 4.64. The van der Waals surface area contributed by atoms with Crippen molar-refractivity contribution in [3.63, 3.8) is 0 Å². The Hall–Kier alpha value is -0.0600. The Morgan fingerprint density at radius 2 is 1.69 bits per heavy atom. The van der Waals surface area contributed by atoms with Crippen LogP contribution in [0.3, 0.4) is 0 Å². The smallest absolute Gasteiger partial charge is 0.0950 e. The second-order valence-electron chi connectivity index (χ2n) is 2.48. The van der Waals surface area contributed by atoms with Gasteiger partial charge in [-0.15, -0.1) is 12.4 Å². The molecule has 0 unspecified atom stereocenters. The van der Waals surface area contributed by atoms with E-state index in [1.165, 1.54) is 0 Å². The van der Waals surface area contributed by atoms with Gasteiger partial charge in [0.1, 0.15) is 0 Å². The summed E-state index contributed by atoms with van der Waals surface area (Å²) in [7, 11) is 0. The molecule has 2 nitrogen and oxygen atoms in total. The van der Waals surface area contributed by atoms with Gasteiger partial charge in [0.25, 0.3) is 0 Å². The van der Waals surface area contributed by atoms with E-state index in [-0.39, 0.29) is 18.2 Å². The van der Waals surface area contributed by atoms with E-state index in [9.17, 15) is 0 Å². The van der Waals surface area contributed by atoms with E-state index >= 15 is 0 Å². The topological polar surface area (TPSA) is 49.9 Å². The number of hydrogen-bond acceptors (Lipinski definition) is 1. The average Bonchev–Trinajstić information content (AvgIpc) is 1.81. The fourth-order valence-electron chi connectivity index (χ4n) is 0.933. The molecule has 13 heavy (non-hydrogen) atoms. The molecule has 0 aliphatic carbocycles. The van der Waals surface area contributed by atoms with Crippen LogP contribution < -0.4 is 5.73 Å². The van der Waals surface area contributed by atoms with Gasteiger partial charge in [-0.25, -0.2) is 0 Å². The Balaban J connectivity index is 0.00000144. The van der Waals surface area contributed by atoms with Gasteiger partial charge < -0.3 is 5.73 Å². The Bertz CT molecular complexity index is 295. The van der Waals surface area contributed by atoms with Crippen LogP contribution in [0.1, 0.15) is 5.56 Å². The highest BCUT2D eigenvalue weighted by Crippen LogP contribution is 2.20. The molecule has 0 atom stereocenters. The predicted octanol–water partition coefficient (Wildman–Crippen LogP) is 3.11. The Morgan fingerprint density at radius 3 is 2.08 bits per heavy atom. The van der Waals surface area contributed by atoms with Crippen molar-refractivity contribution in [2.45, 2.75) is 6.42 Å². The molecule has 0 amide bonds. The summed E-state index contributed by atoms with van der Waals surface area (Å²) in [6.07, 6.45) is 0.498. The Kier molecular flexibility index (Phi) is 5.60. The lowest BCUT2D eigenvalue weighted by molar-refractivity contribution is 1.24. The van der Waals surface area contributed by atoms with E-state index in [0.717, 1.165) is 14.5 Å². The van der Waals surface area contributed by atoms with Gasteiger partial charge in [-0.3, -0.25) is 5.41 Å². The number of rotatable bonds is 2. The van der Waals surface area contributed by atoms with Gasteiger partial charge in [-0.1, -0.05) is 31.9 Å². The van der Waals surface area contributed by atoms with Crippen LogP contribution in [-0.4, -0.2) is 5.84 Å². The number of nitrogens with two attached hydrogens (primary N) is 1. The molecule has 0 aliphatic rings. The molecule has 0 radical (unpaired) electrons. The van der Waals surface area contributed by atoms with Gasteiger partial charge in [-0.05, 0) is 23.8 Å². The van der Waals surface area contributed by atoms with Crippen LogP contribution in [0, 0.1) is 5.41 Å². The van der Waals surface area contributed by atoms with Gasteiger partial charge in [0.2, 0.25) is 0 Å². The molecule has 0 bridgehead atoms. The summed E-state index contributed by atoms with van der Waals surface area (Å²) in [5, 5.41) is 7.12. The zero-order valence-electron chi connectivity index (χ0n) is 6.68. The van der Waals surface area contributed by atoms with Crippen LogP contribution in [0.25, 0.3) is 0 Å². The predicted molar refractivity (Wildman–Crippen MR) is 64.7 cm³/mol. The highest BCUT2D eigenvalue weighted by Gasteiger charge is 1.98. The summed E-state index contributed by atoms with van der Waals surface area (Å²) in [5.74, 6) is 0.181. The van der Waals surface area contributed by atoms with Crippen LogP contribution in [0.4, 0.5) is 0 Å². The van der Waals surface area contributed by atoms with Gasteiger partial charge >= 0.3 is 0 Å². The fraction of sp³-hybridized carbons (Fsp3) is 0.125. The minimum absolute atomic E-state index is 0. The van der Waals surface area contributed by atoms with Crippen LogP contribution >= 0.6 is 44.3 Å². The first-order valence-corrected chi connectivity index (χ1v) is 4.94. The van der Waals surface area contributed by atoms with E-state index in [0.29, 0.717) is 6.42 Å². The number of hydrogen-bond donors (Lipinski definition) is 2. The van der Waals surface area contributed by atoms with E-state index in [2.05, 4.69) is 31.9 Å². The number of amidine groups is 1. The fourth-order valence-corrected chi connectivity index (χ4v) is 2.32. The standard InChI is InChI=1S/C8H8Br2N2.ClH/c9-6-1-5(3-8(11)12)2-7(10)4-6;/h1-2,4H,3H2,(H3,11,12);1H. The summed E-state index contributed by atoms with van der Waals surface area (Å²) < 4.78 is 1.99.